The summed E-state index contributed by atoms with van der Waals surface area (Å²) in [5.74, 6) is 0. The molecule has 1 aromatic heterocycles. The first-order chi connectivity index (χ1) is 10.3. The van der Waals surface area contributed by atoms with Crippen LogP contribution in [0.25, 0.3) is 0 Å². The first-order valence-corrected chi connectivity index (χ1v) is 6.13. The normalized spacial score (nSPS) is 19.5. The first kappa shape index (κ1) is 12.8. The summed E-state index contributed by atoms with van der Waals surface area (Å²) in [4.78, 5) is 13.7. The van der Waals surface area contributed by atoms with Crippen molar-refractivity contribution in [2.24, 2.45) is 4.99 Å². The van der Waals surface area contributed by atoms with Crippen molar-refractivity contribution in [1.29, 1.82) is 10.5 Å². The summed E-state index contributed by atoms with van der Waals surface area (Å²) >= 11 is 0. The van der Waals surface area contributed by atoms with Crippen LogP contribution in [0.5, 0.6) is 0 Å². The highest BCUT2D eigenvalue weighted by Crippen LogP contribution is 2.32. The number of pyridine rings is 1. The lowest BCUT2D eigenvalue weighted by Crippen LogP contribution is -2.38. The van der Waals surface area contributed by atoms with Gasteiger partial charge in [-0.15, -0.1) is 5.48 Å². The molecule has 3 rings (SSSR count). The molecule has 0 saturated heterocycles. The fourth-order valence-electron chi connectivity index (χ4n) is 2.13. The molecule has 0 radical (unpaired) electrons. The van der Waals surface area contributed by atoms with E-state index in [2.05, 4.69) is 21.5 Å². The molecule has 1 atom stereocenters. The van der Waals surface area contributed by atoms with Crippen LogP contribution >= 0.6 is 0 Å². The second-order valence-electron chi connectivity index (χ2n) is 4.37. The maximum Gasteiger partial charge on any atom is 0.213 e. The number of hydrogen-bond donors (Lipinski definition) is 1. The van der Waals surface area contributed by atoms with Crippen LogP contribution in [0.15, 0.2) is 47.5 Å². The molecule has 0 bridgehead atoms. The van der Waals surface area contributed by atoms with Crippen molar-refractivity contribution >= 4 is 6.40 Å². The Bertz CT molecular complexity index is 785. The lowest BCUT2D eigenvalue weighted by atomic mass is 9.95. The van der Waals surface area contributed by atoms with E-state index in [1.54, 1.807) is 42.5 Å². The predicted molar refractivity (Wildman–Crippen MR) is 73.6 cm³/mol. The van der Waals surface area contributed by atoms with Crippen molar-refractivity contribution < 1.29 is 4.84 Å². The number of nitrogens with one attached hydrogen (secondary N) is 1. The number of hydroxylamine groups is 1. The molecule has 21 heavy (non-hydrogen) atoms. The summed E-state index contributed by atoms with van der Waals surface area (Å²) < 4.78 is 0. The average Bonchev–Trinajstić information content (AvgIpc) is 3.06. The molecule has 0 fully saturated rings. The number of nitriles is 2. The van der Waals surface area contributed by atoms with Gasteiger partial charge in [0.15, 0.2) is 6.40 Å². The lowest BCUT2D eigenvalue weighted by Gasteiger charge is -2.24. The molecule has 1 unspecified atom stereocenters. The second-order valence-corrected chi connectivity index (χ2v) is 4.37. The zero-order valence-corrected chi connectivity index (χ0v) is 10.8. The van der Waals surface area contributed by atoms with Crippen molar-refractivity contribution in [3.8, 4) is 12.1 Å². The molecule has 100 valence electrons. The van der Waals surface area contributed by atoms with Crippen molar-refractivity contribution in [3.05, 3.63) is 65.0 Å². The Morgan fingerprint density at radius 1 is 1.05 bits per heavy atom. The summed E-state index contributed by atoms with van der Waals surface area (Å²) in [5.41, 5.74) is 3.95. The molecule has 2 aromatic rings. The average molecular weight is 275 g/mol. The smallest absolute Gasteiger partial charge is 0.213 e. The maximum absolute atomic E-state index is 8.99. The third kappa shape index (κ3) is 2.10. The minimum absolute atomic E-state index is 0.296. The monoisotopic (exact) mass is 275 g/mol. The molecule has 0 saturated carbocycles. The van der Waals surface area contributed by atoms with E-state index in [9.17, 15) is 0 Å². The van der Waals surface area contributed by atoms with Gasteiger partial charge in [-0.2, -0.15) is 10.5 Å². The first-order valence-electron chi connectivity index (χ1n) is 6.13. The van der Waals surface area contributed by atoms with Gasteiger partial charge in [-0.3, -0.25) is 0 Å². The number of nitrogens with zero attached hydrogens (tertiary/aromatic N) is 4. The van der Waals surface area contributed by atoms with Crippen molar-refractivity contribution in [3.63, 3.8) is 0 Å². The number of aliphatic imine (C=N–C) groups is 1. The van der Waals surface area contributed by atoms with Gasteiger partial charge in [0.05, 0.1) is 17.3 Å². The Labute approximate surface area is 120 Å². The lowest BCUT2D eigenvalue weighted by molar-refractivity contribution is 0.144. The largest absolute Gasteiger partial charge is 0.394 e. The predicted octanol–water partition coefficient (Wildman–Crippen LogP) is 1.59. The van der Waals surface area contributed by atoms with Crippen LogP contribution in [0.4, 0.5) is 0 Å². The van der Waals surface area contributed by atoms with E-state index in [1.807, 2.05) is 6.07 Å². The van der Waals surface area contributed by atoms with Gasteiger partial charge < -0.3 is 4.84 Å². The molecule has 1 aliphatic heterocycles. The molecule has 2 heterocycles. The quantitative estimate of drug-likeness (QED) is 0.898. The van der Waals surface area contributed by atoms with Crippen LogP contribution in [0.1, 0.15) is 22.5 Å². The summed E-state index contributed by atoms with van der Waals surface area (Å²) in [7, 11) is 0. The fraction of sp³-hybridized carbons (Fsp3) is 0.0667. The number of hydrogen-bond acceptors (Lipinski definition) is 6. The van der Waals surface area contributed by atoms with Gasteiger partial charge >= 0.3 is 0 Å². The third-order valence-electron chi connectivity index (χ3n) is 3.17. The van der Waals surface area contributed by atoms with E-state index >= 15 is 0 Å². The zero-order valence-electron chi connectivity index (χ0n) is 10.8. The van der Waals surface area contributed by atoms with Gasteiger partial charge in [0.25, 0.3) is 0 Å². The van der Waals surface area contributed by atoms with Crippen LogP contribution in [0.3, 0.4) is 0 Å². The molecule has 1 aliphatic rings. The van der Waals surface area contributed by atoms with E-state index in [1.165, 1.54) is 6.40 Å². The minimum Gasteiger partial charge on any atom is -0.394 e. The van der Waals surface area contributed by atoms with Crippen LogP contribution < -0.4 is 5.48 Å². The Morgan fingerprint density at radius 3 is 2.48 bits per heavy atom. The van der Waals surface area contributed by atoms with Crippen molar-refractivity contribution in [1.82, 2.24) is 10.5 Å². The van der Waals surface area contributed by atoms with Gasteiger partial charge in [-0.05, 0) is 24.3 Å². The van der Waals surface area contributed by atoms with Gasteiger partial charge in [0, 0.05) is 5.56 Å². The van der Waals surface area contributed by atoms with Gasteiger partial charge in [0.1, 0.15) is 11.8 Å². The van der Waals surface area contributed by atoms with Gasteiger partial charge in [0.2, 0.25) is 5.66 Å². The Morgan fingerprint density at radius 2 is 1.86 bits per heavy atom. The van der Waals surface area contributed by atoms with E-state index in [0.29, 0.717) is 17.0 Å². The van der Waals surface area contributed by atoms with E-state index in [-0.39, 0.29) is 0 Å². The summed E-state index contributed by atoms with van der Waals surface area (Å²) in [6.45, 7) is 0. The topological polar surface area (TPSA) is 94.1 Å². The van der Waals surface area contributed by atoms with E-state index in [0.717, 1.165) is 5.56 Å². The van der Waals surface area contributed by atoms with Crippen LogP contribution in [0, 0.1) is 22.7 Å². The molecule has 6 nitrogen and oxygen atoms in total. The summed E-state index contributed by atoms with van der Waals surface area (Å²) in [6, 6.07) is 16.1. The highest BCUT2D eigenvalue weighted by molar-refractivity contribution is 5.54. The van der Waals surface area contributed by atoms with E-state index in [4.69, 9.17) is 15.4 Å². The highest BCUT2D eigenvalue weighted by Gasteiger charge is 2.39. The summed E-state index contributed by atoms with van der Waals surface area (Å²) in [6.07, 6.45) is 1.29. The molecule has 0 spiro atoms. The SMILES string of the molecule is N#Cc1ccc(C2(c3cccc(C#N)n3)N=CON2)cc1. The number of rotatable bonds is 2. The standard InChI is InChI=1S/C15H9N5O/c16-8-11-4-6-12(7-5-11)15(18-10-21-20-15)14-3-1-2-13(9-17)19-14/h1-7,10,20H. The highest BCUT2D eigenvalue weighted by atomic mass is 16.7. The van der Waals surface area contributed by atoms with E-state index < -0.39 is 5.66 Å². The molecule has 0 amide bonds. The van der Waals surface area contributed by atoms with Crippen molar-refractivity contribution in [2.75, 3.05) is 0 Å². The Kier molecular flexibility index (Phi) is 3.07. The second kappa shape index (κ2) is 5.04. The molecule has 1 aromatic carbocycles. The number of benzene rings is 1. The maximum atomic E-state index is 8.99. The summed E-state index contributed by atoms with van der Waals surface area (Å²) in [5, 5.41) is 17.9. The van der Waals surface area contributed by atoms with Crippen LogP contribution in [-0.2, 0) is 10.5 Å². The third-order valence-corrected chi connectivity index (χ3v) is 3.17. The van der Waals surface area contributed by atoms with Crippen LogP contribution in [-0.4, -0.2) is 11.4 Å². The van der Waals surface area contributed by atoms with Crippen LogP contribution in [0.2, 0.25) is 0 Å². The molecular weight excluding hydrogens is 266 g/mol. The fourth-order valence-corrected chi connectivity index (χ4v) is 2.13. The van der Waals surface area contributed by atoms with Gasteiger partial charge in [-0.1, -0.05) is 18.2 Å². The molecule has 1 N–H and O–H groups in total. The zero-order chi connectivity index (χ0) is 14.7. The molecule has 6 heteroatoms. The minimum atomic E-state index is -1.01. The van der Waals surface area contributed by atoms with Crippen molar-refractivity contribution in [2.45, 2.75) is 5.66 Å². The molecule has 0 aliphatic carbocycles. The Balaban J connectivity index is 2.13. The number of aromatic nitrogens is 1. The van der Waals surface area contributed by atoms with Gasteiger partial charge in [-0.25, -0.2) is 9.98 Å². The molecular formula is C15H9N5O. The Hall–Kier alpha value is -3.22.